The fourth-order valence-corrected chi connectivity index (χ4v) is 2.46. The number of amides is 2. The lowest BCUT2D eigenvalue weighted by atomic mass is 9.89. The molecule has 5 heteroatoms. The van der Waals surface area contributed by atoms with Crippen LogP contribution in [0.5, 0.6) is 0 Å². The minimum Gasteiger partial charge on any atom is -0.347 e. The van der Waals surface area contributed by atoms with Crippen LogP contribution >= 0.6 is 0 Å². The van der Waals surface area contributed by atoms with Gasteiger partial charge in [0.25, 0.3) is 5.91 Å². The van der Waals surface area contributed by atoms with Crippen molar-refractivity contribution in [1.29, 1.82) is 0 Å². The zero-order chi connectivity index (χ0) is 13.7. The van der Waals surface area contributed by atoms with Crippen molar-refractivity contribution in [2.45, 2.75) is 51.9 Å². The molecule has 2 fully saturated rings. The number of hydrogen-bond acceptors (Lipinski definition) is 3. The molecule has 0 radical (unpaired) electrons. The fraction of sp³-hybridized carbons (Fsp3) is 0.786. The molecule has 2 N–H and O–H groups in total. The van der Waals surface area contributed by atoms with Gasteiger partial charge in [-0.3, -0.25) is 9.59 Å². The lowest BCUT2D eigenvalue weighted by molar-refractivity contribution is -0.129. The van der Waals surface area contributed by atoms with Crippen LogP contribution in [0.15, 0.2) is 5.10 Å². The van der Waals surface area contributed by atoms with Crippen molar-refractivity contribution in [1.82, 2.24) is 10.7 Å². The maximum Gasteiger partial charge on any atom is 0.259 e. The number of hydrazone groups is 1. The van der Waals surface area contributed by atoms with Gasteiger partial charge in [0, 0.05) is 11.6 Å². The molecule has 0 aliphatic heterocycles. The molecule has 0 spiro atoms. The van der Waals surface area contributed by atoms with Gasteiger partial charge in [-0.1, -0.05) is 19.3 Å². The average Bonchev–Trinajstić information content (AvgIpc) is 3.27. The number of nitrogens with zero attached hydrogens (tertiary/aromatic N) is 1. The second-order valence-electron chi connectivity index (χ2n) is 5.62. The molecular formula is C14H23N3O2. The van der Waals surface area contributed by atoms with Crippen LogP contribution in [0.4, 0.5) is 0 Å². The first-order valence-corrected chi connectivity index (χ1v) is 7.27. The summed E-state index contributed by atoms with van der Waals surface area (Å²) >= 11 is 0. The lowest BCUT2D eigenvalue weighted by Gasteiger charge is -2.20. The highest BCUT2D eigenvalue weighted by Gasteiger charge is 2.24. The molecule has 5 nitrogen and oxygen atoms in total. The average molecular weight is 265 g/mol. The minimum atomic E-state index is -0.246. The van der Waals surface area contributed by atoms with Crippen LogP contribution in [0, 0.1) is 11.8 Å². The largest absolute Gasteiger partial charge is 0.347 e. The minimum absolute atomic E-state index is 0.0118. The van der Waals surface area contributed by atoms with Gasteiger partial charge in [0.1, 0.15) is 0 Å². The van der Waals surface area contributed by atoms with E-state index in [4.69, 9.17) is 0 Å². The Bertz CT molecular complexity index is 369. The van der Waals surface area contributed by atoms with Crippen LogP contribution in [-0.4, -0.2) is 24.1 Å². The molecule has 0 bridgehead atoms. The molecule has 106 valence electrons. The van der Waals surface area contributed by atoms with E-state index in [0.29, 0.717) is 5.92 Å². The van der Waals surface area contributed by atoms with Crippen molar-refractivity contribution < 1.29 is 9.59 Å². The Kier molecular flexibility index (Phi) is 4.93. The van der Waals surface area contributed by atoms with Crippen LogP contribution in [0.3, 0.4) is 0 Å². The molecule has 19 heavy (non-hydrogen) atoms. The van der Waals surface area contributed by atoms with Crippen molar-refractivity contribution in [3.05, 3.63) is 0 Å². The van der Waals surface area contributed by atoms with E-state index >= 15 is 0 Å². The standard InChI is InChI=1S/C14H23N3O2/c1-10(11-7-8-11)16-17-13(18)9-15-14(19)12-5-3-2-4-6-12/h11-12H,2-9H2,1H3,(H,15,19)(H,17,18)/b16-10+. The first-order valence-electron chi connectivity index (χ1n) is 7.27. The third kappa shape index (κ3) is 4.65. The van der Waals surface area contributed by atoms with E-state index in [2.05, 4.69) is 15.8 Å². The van der Waals surface area contributed by atoms with Crippen LogP contribution in [0.25, 0.3) is 0 Å². The van der Waals surface area contributed by atoms with Crippen molar-refractivity contribution in [3.63, 3.8) is 0 Å². The number of carbonyl (C=O) groups is 2. The van der Waals surface area contributed by atoms with Crippen LogP contribution < -0.4 is 10.7 Å². The van der Waals surface area contributed by atoms with Crippen molar-refractivity contribution in [2.24, 2.45) is 16.9 Å². The van der Waals surface area contributed by atoms with Gasteiger partial charge in [0.15, 0.2) is 0 Å². The van der Waals surface area contributed by atoms with Crippen molar-refractivity contribution in [3.8, 4) is 0 Å². The molecule has 0 aromatic carbocycles. The summed E-state index contributed by atoms with van der Waals surface area (Å²) in [4.78, 5) is 23.4. The van der Waals surface area contributed by atoms with Gasteiger partial charge in [0.05, 0.1) is 6.54 Å². The predicted octanol–water partition coefficient (Wildman–Crippen LogP) is 1.58. The first-order chi connectivity index (χ1) is 9.16. The summed E-state index contributed by atoms with van der Waals surface area (Å²) in [5, 5.41) is 6.74. The lowest BCUT2D eigenvalue weighted by Crippen LogP contribution is -2.39. The molecule has 0 atom stereocenters. The maximum absolute atomic E-state index is 11.8. The summed E-state index contributed by atoms with van der Waals surface area (Å²) in [6.07, 6.45) is 7.70. The molecule has 0 aromatic heterocycles. The van der Waals surface area contributed by atoms with E-state index in [9.17, 15) is 9.59 Å². The van der Waals surface area contributed by atoms with Gasteiger partial charge in [-0.15, -0.1) is 0 Å². The van der Waals surface area contributed by atoms with E-state index < -0.39 is 0 Å². The fourth-order valence-electron chi connectivity index (χ4n) is 2.46. The molecule has 0 heterocycles. The number of rotatable bonds is 5. The quantitative estimate of drug-likeness (QED) is 0.585. The molecule has 2 aliphatic carbocycles. The van der Waals surface area contributed by atoms with Crippen LogP contribution in [0.1, 0.15) is 51.9 Å². The predicted molar refractivity (Wildman–Crippen MR) is 73.6 cm³/mol. The molecular weight excluding hydrogens is 242 g/mol. The second-order valence-corrected chi connectivity index (χ2v) is 5.62. The summed E-state index contributed by atoms with van der Waals surface area (Å²) in [6, 6.07) is 0. The summed E-state index contributed by atoms with van der Waals surface area (Å²) in [6.45, 7) is 1.95. The smallest absolute Gasteiger partial charge is 0.259 e. The third-order valence-corrected chi connectivity index (χ3v) is 3.92. The topological polar surface area (TPSA) is 70.6 Å². The number of hydrogen-bond donors (Lipinski definition) is 2. The van der Waals surface area contributed by atoms with E-state index in [1.165, 1.54) is 19.3 Å². The van der Waals surface area contributed by atoms with E-state index in [1.807, 2.05) is 6.92 Å². The highest BCUT2D eigenvalue weighted by atomic mass is 16.2. The number of nitrogens with one attached hydrogen (secondary N) is 2. The normalized spacial score (nSPS) is 21.0. The van der Waals surface area contributed by atoms with Gasteiger partial charge in [0.2, 0.25) is 5.91 Å². The van der Waals surface area contributed by atoms with Gasteiger partial charge >= 0.3 is 0 Å². The monoisotopic (exact) mass is 265 g/mol. The van der Waals surface area contributed by atoms with Crippen LogP contribution in [-0.2, 0) is 9.59 Å². The highest BCUT2D eigenvalue weighted by Crippen LogP contribution is 2.30. The van der Waals surface area contributed by atoms with E-state index in [0.717, 1.165) is 31.4 Å². The summed E-state index contributed by atoms with van der Waals surface area (Å²) in [7, 11) is 0. The number of carbonyl (C=O) groups excluding carboxylic acids is 2. The zero-order valence-corrected chi connectivity index (χ0v) is 11.6. The Balaban J connectivity index is 1.64. The van der Waals surface area contributed by atoms with E-state index in [1.54, 1.807) is 0 Å². The molecule has 0 unspecified atom stereocenters. The Labute approximate surface area is 114 Å². The Hall–Kier alpha value is -1.39. The maximum atomic E-state index is 11.8. The van der Waals surface area contributed by atoms with Gasteiger partial charge < -0.3 is 5.32 Å². The van der Waals surface area contributed by atoms with Crippen LogP contribution in [0.2, 0.25) is 0 Å². The molecule has 2 amide bonds. The van der Waals surface area contributed by atoms with Gasteiger partial charge in [-0.2, -0.15) is 5.10 Å². The molecule has 2 aliphatic rings. The first kappa shape index (κ1) is 14.0. The molecule has 0 aromatic rings. The van der Waals surface area contributed by atoms with Gasteiger partial charge in [-0.05, 0) is 38.5 Å². The Morgan fingerprint density at radius 2 is 1.74 bits per heavy atom. The van der Waals surface area contributed by atoms with Crippen molar-refractivity contribution >= 4 is 17.5 Å². The Morgan fingerprint density at radius 1 is 1.05 bits per heavy atom. The summed E-state index contributed by atoms with van der Waals surface area (Å²) in [5.41, 5.74) is 3.48. The summed E-state index contributed by atoms with van der Waals surface area (Å²) in [5.74, 6) is 0.414. The Morgan fingerprint density at radius 3 is 2.37 bits per heavy atom. The third-order valence-electron chi connectivity index (χ3n) is 3.92. The molecule has 2 rings (SSSR count). The second kappa shape index (κ2) is 6.68. The highest BCUT2D eigenvalue weighted by molar-refractivity contribution is 5.89. The SMILES string of the molecule is C/C(=N\NC(=O)CNC(=O)C1CCCCC1)C1CC1. The van der Waals surface area contributed by atoms with E-state index in [-0.39, 0.29) is 24.3 Å². The molecule has 2 saturated carbocycles. The van der Waals surface area contributed by atoms with Crippen molar-refractivity contribution in [2.75, 3.05) is 6.54 Å². The molecule has 0 saturated heterocycles. The summed E-state index contributed by atoms with van der Waals surface area (Å²) < 4.78 is 0. The zero-order valence-electron chi connectivity index (χ0n) is 11.6. The van der Waals surface area contributed by atoms with Gasteiger partial charge in [-0.25, -0.2) is 5.43 Å².